The van der Waals surface area contributed by atoms with E-state index >= 15 is 0 Å². The van der Waals surface area contributed by atoms with Crippen LogP contribution in [0.4, 0.5) is 11.5 Å². The number of nitrogens with one attached hydrogen (secondary N) is 2. The number of H-pyrrole nitrogens is 1. The Labute approximate surface area is 102 Å². The largest absolute Gasteiger partial charge is 0.394 e. The highest BCUT2D eigenvalue weighted by Crippen LogP contribution is 2.18. The topological polar surface area (TPSA) is 83.8 Å². The number of hydrogen-bond acceptors (Lipinski definition) is 3. The standard InChI is InChI=1S/C12H22N4O/c1-3-4-5-6-7-8-10(17)14-12-11(13)9(2)15-16-12/h3-8,13H2,1-2H3,(H2,14,15,16,17). The van der Waals surface area contributed by atoms with Crippen molar-refractivity contribution >= 4 is 17.4 Å². The van der Waals surface area contributed by atoms with Crippen LogP contribution in [0.2, 0.25) is 0 Å². The summed E-state index contributed by atoms with van der Waals surface area (Å²) in [6.45, 7) is 4.00. The monoisotopic (exact) mass is 238 g/mol. The number of unbranched alkanes of at least 4 members (excludes halogenated alkanes) is 4. The van der Waals surface area contributed by atoms with Gasteiger partial charge in [0.05, 0.1) is 11.4 Å². The third-order valence-electron chi connectivity index (χ3n) is 2.76. The fourth-order valence-corrected chi connectivity index (χ4v) is 1.62. The van der Waals surface area contributed by atoms with Crippen molar-refractivity contribution in [2.45, 2.75) is 52.4 Å². The summed E-state index contributed by atoms with van der Waals surface area (Å²) in [7, 11) is 0. The van der Waals surface area contributed by atoms with Crippen LogP contribution in [-0.4, -0.2) is 16.1 Å². The summed E-state index contributed by atoms with van der Waals surface area (Å²) in [4.78, 5) is 11.6. The lowest BCUT2D eigenvalue weighted by molar-refractivity contribution is -0.116. The molecule has 0 bridgehead atoms. The average molecular weight is 238 g/mol. The van der Waals surface area contributed by atoms with Crippen LogP contribution in [0.3, 0.4) is 0 Å². The summed E-state index contributed by atoms with van der Waals surface area (Å²) in [5, 5.41) is 9.38. The Morgan fingerprint density at radius 3 is 2.65 bits per heavy atom. The van der Waals surface area contributed by atoms with Crippen molar-refractivity contribution in [3.8, 4) is 0 Å². The Morgan fingerprint density at radius 2 is 2.06 bits per heavy atom. The molecule has 17 heavy (non-hydrogen) atoms. The Balaban J connectivity index is 2.23. The van der Waals surface area contributed by atoms with Crippen LogP contribution in [0.1, 0.15) is 51.1 Å². The molecule has 0 fully saturated rings. The minimum atomic E-state index is -0.0142. The smallest absolute Gasteiger partial charge is 0.225 e. The molecule has 0 aliphatic rings. The first-order chi connectivity index (χ1) is 8.15. The molecule has 0 atom stereocenters. The van der Waals surface area contributed by atoms with Crippen molar-refractivity contribution in [2.75, 3.05) is 11.1 Å². The Hall–Kier alpha value is -1.52. The first-order valence-electron chi connectivity index (χ1n) is 6.25. The summed E-state index contributed by atoms with van der Waals surface area (Å²) >= 11 is 0. The molecule has 1 aromatic heterocycles. The third kappa shape index (κ3) is 4.46. The van der Waals surface area contributed by atoms with Gasteiger partial charge in [-0.25, -0.2) is 0 Å². The minimum Gasteiger partial charge on any atom is -0.394 e. The van der Waals surface area contributed by atoms with Gasteiger partial charge in [0.1, 0.15) is 0 Å². The fourth-order valence-electron chi connectivity index (χ4n) is 1.62. The summed E-state index contributed by atoms with van der Waals surface area (Å²) in [6, 6.07) is 0. The van der Waals surface area contributed by atoms with Gasteiger partial charge in [0.15, 0.2) is 5.82 Å². The summed E-state index contributed by atoms with van der Waals surface area (Å²) in [5.74, 6) is 0.431. The van der Waals surface area contributed by atoms with E-state index in [2.05, 4.69) is 22.4 Å². The highest BCUT2D eigenvalue weighted by Gasteiger charge is 2.09. The highest BCUT2D eigenvalue weighted by atomic mass is 16.1. The molecule has 0 aliphatic heterocycles. The van der Waals surface area contributed by atoms with Crippen LogP contribution < -0.4 is 11.1 Å². The zero-order valence-electron chi connectivity index (χ0n) is 10.7. The van der Waals surface area contributed by atoms with E-state index in [9.17, 15) is 4.79 Å². The van der Waals surface area contributed by atoms with E-state index in [0.717, 1.165) is 18.5 Å². The zero-order valence-corrected chi connectivity index (χ0v) is 10.7. The van der Waals surface area contributed by atoms with Crippen LogP contribution in [-0.2, 0) is 4.79 Å². The summed E-state index contributed by atoms with van der Waals surface area (Å²) < 4.78 is 0. The number of amides is 1. The molecule has 0 aliphatic carbocycles. The highest BCUT2D eigenvalue weighted by molar-refractivity contribution is 5.92. The predicted octanol–water partition coefficient (Wildman–Crippen LogP) is 2.60. The van der Waals surface area contributed by atoms with Crippen molar-refractivity contribution in [1.29, 1.82) is 0 Å². The van der Waals surface area contributed by atoms with Crippen molar-refractivity contribution in [2.24, 2.45) is 0 Å². The molecule has 1 aromatic rings. The second-order valence-electron chi connectivity index (χ2n) is 4.32. The number of aryl methyl sites for hydroxylation is 1. The van der Waals surface area contributed by atoms with Crippen LogP contribution in [0, 0.1) is 6.92 Å². The molecule has 1 amide bonds. The van der Waals surface area contributed by atoms with Crippen molar-refractivity contribution in [3.05, 3.63) is 5.69 Å². The van der Waals surface area contributed by atoms with Gasteiger partial charge in [-0.3, -0.25) is 9.89 Å². The Kier molecular flexibility index (Phi) is 5.52. The van der Waals surface area contributed by atoms with Gasteiger partial charge in [-0.2, -0.15) is 5.10 Å². The Morgan fingerprint density at radius 1 is 1.35 bits per heavy atom. The fraction of sp³-hybridized carbons (Fsp3) is 0.667. The SMILES string of the molecule is CCCCCCCC(=O)Nc1n[nH]c(C)c1N. The predicted molar refractivity (Wildman–Crippen MR) is 69.7 cm³/mol. The number of hydrogen-bond donors (Lipinski definition) is 3. The molecule has 1 heterocycles. The number of aromatic nitrogens is 2. The summed E-state index contributed by atoms with van der Waals surface area (Å²) in [5.41, 5.74) is 7.04. The number of nitrogens with two attached hydrogens (primary N) is 1. The molecule has 0 spiro atoms. The number of nitrogen functional groups attached to an aromatic ring is 1. The van der Waals surface area contributed by atoms with Crippen LogP contribution in [0.25, 0.3) is 0 Å². The zero-order chi connectivity index (χ0) is 12.7. The second kappa shape index (κ2) is 6.93. The first kappa shape index (κ1) is 13.5. The van der Waals surface area contributed by atoms with E-state index in [1.165, 1.54) is 19.3 Å². The molecular weight excluding hydrogens is 216 g/mol. The molecule has 96 valence electrons. The normalized spacial score (nSPS) is 10.5. The van der Waals surface area contributed by atoms with Gasteiger partial charge < -0.3 is 11.1 Å². The van der Waals surface area contributed by atoms with Gasteiger partial charge in [0.25, 0.3) is 0 Å². The molecule has 5 heteroatoms. The lowest BCUT2D eigenvalue weighted by Gasteiger charge is -2.03. The molecule has 0 radical (unpaired) electrons. The van der Waals surface area contributed by atoms with Gasteiger partial charge in [0.2, 0.25) is 5.91 Å². The van der Waals surface area contributed by atoms with E-state index in [4.69, 9.17) is 5.73 Å². The van der Waals surface area contributed by atoms with Crippen molar-refractivity contribution < 1.29 is 4.79 Å². The van der Waals surface area contributed by atoms with Gasteiger partial charge in [0, 0.05) is 6.42 Å². The van der Waals surface area contributed by atoms with Crippen LogP contribution in [0.5, 0.6) is 0 Å². The lowest BCUT2D eigenvalue weighted by atomic mass is 10.1. The number of nitrogens with zero attached hydrogens (tertiary/aromatic N) is 1. The number of anilines is 2. The molecule has 0 unspecified atom stereocenters. The van der Waals surface area contributed by atoms with E-state index in [1.54, 1.807) is 0 Å². The van der Waals surface area contributed by atoms with Crippen LogP contribution >= 0.6 is 0 Å². The average Bonchev–Trinajstić information content (AvgIpc) is 2.61. The number of aromatic amines is 1. The third-order valence-corrected chi connectivity index (χ3v) is 2.76. The molecule has 4 N–H and O–H groups in total. The van der Waals surface area contributed by atoms with E-state index in [0.29, 0.717) is 17.9 Å². The van der Waals surface area contributed by atoms with E-state index in [-0.39, 0.29) is 5.91 Å². The first-order valence-corrected chi connectivity index (χ1v) is 6.25. The lowest BCUT2D eigenvalue weighted by Crippen LogP contribution is -2.12. The quantitative estimate of drug-likeness (QED) is 0.638. The molecule has 0 aromatic carbocycles. The number of rotatable bonds is 7. The van der Waals surface area contributed by atoms with Crippen molar-refractivity contribution in [1.82, 2.24) is 10.2 Å². The number of carbonyl (C=O) groups excluding carboxylic acids is 1. The van der Waals surface area contributed by atoms with E-state index in [1.807, 2.05) is 6.92 Å². The minimum absolute atomic E-state index is 0.0142. The second-order valence-corrected chi connectivity index (χ2v) is 4.32. The van der Waals surface area contributed by atoms with Gasteiger partial charge in [-0.1, -0.05) is 32.6 Å². The molecule has 0 saturated carbocycles. The maximum Gasteiger partial charge on any atom is 0.225 e. The molecule has 0 saturated heterocycles. The van der Waals surface area contributed by atoms with Crippen LogP contribution in [0.15, 0.2) is 0 Å². The number of carbonyl (C=O) groups is 1. The summed E-state index contributed by atoms with van der Waals surface area (Å²) in [6.07, 6.45) is 6.23. The molecule has 1 rings (SSSR count). The van der Waals surface area contributed by atoms with Crippen molar-refractivity contribution in [3.63, 3.8) is 0 Å². The molecule has 5 nitrogen and oxygen atoms in total. The maximum absolute atomic E-state index is 11.6. The van der Waals surface area contributed by atoms with Gasteiger partial charge >= 0.3 is 0 Å². The van der Waals surface area contributed by atoms with Gasteiger partial charge in [-0.15, -0.1) is 0 Å². The maximum atomic E-state index is 11.6. The van der Waals surface area contributed by atoms with E-state index < -0.39 is 0 Å². The van der Waals surface area contributed by atoms with Gasteiger partial charge in [-0.05, 0) is 13.3 Å². The molecular formula is C12H22N4O. The Bertz CT molecular complexity index is 359.